The molecule has 0 saturated heterocycles. The van der Waals surface area contributed by atoms with E-state index in [0.29, 0.717) is 5.57 Å². The van der Waals surface area contributed by atoms with Crippen molar-refractivity contribution in [2.45, 2.75) is 31.5 Å². The summed E-state index contributed by atoms with van der Waals surface area (Å²) in [5.74, 6) is -1.48. The van der Waals surface area contributed by atoms with Gasteiger partial charge in [0.1, 0.15) is 0 Å². The Bertz CT molecular complexity index is 1030. The largest absolute Gasteiger partial charge is 0.343 e. The topological polar surface area (TPSA) is 35.5 Å². The van der Waals surface area contributed by atoms with Crippen molar-refractivity contribution in [3.8, 4) is 0 Å². The zero-order valence-electron chi connectivity index (χ0n) is 18.2. The number of carbonyl (C=O) groups excluding carboxylic acids is 1. The van der Waals surface area contributed by atoms with Crippen molar-refractivity contribution < 1.29 is 14.3 Å². The second kappa shape index (κ2) is 9.01. The Hall–Kier alpha value is -3.01. The van der Waals surface area contributed by atoms with E-state index in [1.54, 1.807) is 6.08 Å². The standard InChI is InChI=1S/C28H28O3/c1-4-23-26(28(30-2,31-3)27(23)29)24-18-12-11-17-22(24)19-25(20-13-7-5-8-14-20)21-15-9-6-10-16-21/h4-10,13-16,19H,1,11-12,17-18H2,2-3H3. The average Bonchev–Trinajstić information content (AvgIpc) is 2.83. The van der Waals surface area contributed by atoms with Gasteiger partial charge in [0.2, 0.25) is 5.78 Å². The number of methoxy groups -OCH3 is 2. The Labute approximate surface area is 184 Å². The van der Waals surface area contributed by atoms with Crippen LogP contribution >= 0.6 is 0 Å². The molecular formula is C28H28O3. The second-order valence-electron chi connectivity index (χ2n) is 7.85. The molecule has 0 heterocycles. The highest BCUT2D eigenvalue weighted by Gasteiger charge is 2.55. The molecule has 0 N–H and O–H groups in total. The molecule has 0 fully saturated rings. The smallest absolute Gasteiger partial charge is 0.261 e. The molecule has 2 aromatic rings. The lowest BCUT2D eigenvalue weighted by Gasteiger charge is -2.43. The Morgan fingerprint density at radius 2 is 1.45 bits per heavy atom. The number of hydrogen-bond acceptors (Lipinski definition) is 3. The Morgan fingerprint density at radius 3 is 1.97 bits per heavy atom. The van der Waals surface area contributed by atoms with Gasteiger partial charge in [0.15, 0.2) is 0 Å². The highest BCUT2D eigenvalue weighted by Crippen LogP contribution is 2.48. The fraction of sp³-hybridized carbons (Fsp3) is 0.250. The number of ketones is 1. The molecule has 2 aliphatic rings. The summed E-state index contributed by atoms with van der Waals surface area (Å²) in [4.78, 5) is 12.8. The van der Waals surface area contributed by atoms with E-state index in [9.17, 15) is 4.79 Å². The van der Waals surface area contributed by atoms with E-state index in [1.807, 2.05) is 12.1 Å². The number of hydrogen-bond donors (Lipinski definition) is 0. The van der Waals surface area contributed by atoms with Crippen LogP contribution in [0.15, 0.2) is 102 Å². The van der Waals surface area contributed by atoms with Crippen LogP contribution in [-0.2, 0) is 14.3 Å². The van der Waals surface area contributed by atoms with Crippen LogP contribution in [0.5, 0.6) is 0 Å². The lowest BCUT2D eigenvalue weighted by Crippen LogP contribution is -2.54. The van der Waals surface area contributed by atoms with Gasteiger partial charge in [-0.3, -0.25) is 4.79 Å². The Morgan fingerprint density at radius 1 is 0.903 bits per heavy atom. The molecule has 0 aliphatic heterocycles. The minimum Gasteiger partial charge on any atom is -0.343 e. The van der Waals surface area contributed by atoms with Crippen molar-refractivity contribution in [2.24, 2.45) is 0 Å². The van der Waals surface area contributed by atoms with Crippen molar-refractivity contribution in [3.05, 3.63) is 113 Å². The summed E-state index contributed by atoms with van der Waals surface area (Å²) < 4.78 is 11.2. The second-order valence-corrected chi connectivity index (χ2v) is 7.85. The summed E-state index contributed by atoms with van der Waals surface area (Å²) in [6.45, 7) is 3.87. The molecule has 0 unspecified atom stereocenters. The van der Waals surface area contributed by atoms with E-state index in [2.05, 4.69) is 61.2 Å². The normalized spacial score (nSPS) is 17.9. The minimum atomic E-state index is -1.32. The highest BCUT2D eigenvalue weighted by atomic mass is 16.7. The molecule has 158 valence electrons. The van der Waals surface area contributed by atoms with Crippen LogP contribution in [0, 0.1) is 0 Å². The van der Waals surface area contributed by atoms with Gasteiger partial charge in [0.05, 0.1) is 0 Å². The van der Waals surface area contributed by atoms with Crippen LogP contribution in [0.25, 0.3) is 5.57 Å². The van der Waals surface area contributed by atoms with Crippen molar-refractivity contribution in [2.75, 3.05) is 14.2 Å². The summed E-state index contributed by atoms with van der Waals surface area (Å²) in [6, 6.07) is 20.9. The molecule has 0 saturated carbocycles. The van der Waals surface area contributed by atoms with Crippen LogP contribution in [0.4, 0.5) is 0 Å². The number of benzene rings is 2. The van der Waals surface area contributed by atoms with Gasteiger partial charge in [0.25, 0.3) is 5.79 Å². The first-order valence-electron chi connectivity index (χ1n) is 10.7. The van der Waals surface area contributed by atoms with Crippen LogP contribution in [0.1, 0.15) is 36.8 Å². The van der Waals surface area contributed by atoms with Crippen LogP contribution in [0.3, 0.4) is 0 Å². The molecule has 0 amide bonds. The Balaban J connectivity index is 1.93. The predicted molar refractivity (Wildman–Crippen MR) is 124 cm³/mol. The quantitative estimate of drug-likeness (QED) is 0.520. The summed E-state index contributed by atoms with van der Waals surface area (Å²) >= 11 is 0. The zero-order chi connectivity index (χ0) is 21.8. The first-order chi connectivity index (χ1) is 15.2. The van der Waals surface area contributed by atoms with Gasteiger partial charge in [-0.2, -0.15) is 0 Å². The van der Waals surface area contributed by atoms with Crippen LogP contribution in [-0.4, -0.2) is 25.8 Å². The predicted octanol–water partition coefficient (Wildman–Crippen LogP) is 6.04. The lowest BCUT2D eigenvalue weighted by molar-refractivity contribution is -0.194. The van der Waals surface area contributed by atoms with Gasteiger partial charge in [-0.05, 0) is 53.5 Å². The van der Waals surface area contributed by atoms with E-state index in [-0.39, 0.29) is 5.78 Å². The van der Waals surface area contributed by atoms with Crippen LogP contribution in [0.2, 0.25) is 0 Å². The average molecular weight is 413 g/mol. The summed E-state index contributed by atoms with van der Waals surface area (Å²) in [5.41, 5.74) is 7.32. The molecule has 3 nitrogen and oxygen atoms in total. The van der Waals surface area contributed by atoms with Crippen LogP contribution < -0.4 is 0 Å². The monoisotopic (exact) mass is 412 g/mol. The molecule has 31 heavy (non-hydrogen) atoms. The third-order valence-corrected chi connectivity index (χ3v) is 6.22. The third kappa shape index (κ3) is 3.65. The number of allylic oxidation sites excluding steroid dienone is 3. The molecule has 0 radical (unpaired) electrons. The van der Waals surface area contributed by atoms with E-state index in [1.165, 1.54) is 36.5 Å². The van der Waals surface area contributed by atoms with E-state index in [0.717, 1.165) is 36.8 Å². The Kier molecular flexibility index (Phi) is 6.17. The highest BCUT2D eigenvalue weighted by molar-refractivity contribution is 6.15. The number of carbonyl (C=O) groups is 1. The fourth-order valence-electron chi connectivity index (χ4n) is 4.66. The number of rotatable bonds is 7. The maximum absolute atomic E-state index is 12.8. The summed E-state index contributed by atoms with van der Waals surface area (Å²) in [6.07, 6.45) is 7.94. The van der Waals surface area contributed by atoms with Crippen molar-refractivity contribution >= 4 is 11.4 Å². The van der Waals surface area contributed by atoms with Gasteiger partial charge in [0, 0.05) is 25.4 Å². The molecule has 0 spiro atoms. The molecule has 2 aliphatic carbocycles. The molecule has 4 rings (SSSR count). The molecule has 2 aromatic carbocycles. The van der Waals surface area contributed by atoms with E-state index in [4.69, 9.17) is 9.47 Å². The van der Waals surface area contributed by atoms with Gasteiger partial charge in [-0.15, -0.1) is 0 Å². The molecule has 0 bridgehead atoms. The first-order valence-corrected chi connectivity index (χ1v) is 10.7. The van der Waals surface area contributed by atoms with Crippen molar-refractivity contribution in [1.82, 2.24) is 0 Å². The summed E-state index contributed by atoms with van der Waals surface area (Å²) in [7, 11) is 3.05. The minimum absolute atomic E-state index is 0.157. The van der Waals surface area contributed by atoms with Gasteiger partial charge >= 0.3 is 0 Å². The fourth-order valence-corrected chi connectivity index (χ4v) is 4.66. The third-order valence-electron chi connectivity index (χ3n) is 6.22. The first kappa shape index (κ1) is 21.2. The molecule has 0 aromatic heterocycles. The maximum Gasteiger partial charge on any atom is 0.261 e. The lowest BCUT2D eigenvalue weighted by atomic mass is 9.71. The van der Waals surface area contributed by atoms with Gasteiger partial charge in [-0.1, -0.05) is 79.4 Å². The summed E-state index contributed by atoms with van der Waals surface area (Å²) in [5, 5.41) is 0. The SMILES string of the molecule is C=CC1=C(C2=C(C=C(c3ccccc3)c3ccccc3)CCCC2)C(OC)(OC)C1=O. The maximum atomic E-state index is 12.8. The van der Waals surface area contributed by atoms with Gasteiger partial charge in [-0.25, -0.2) is 0 Å². The molecular weight excluding hydrogens is 384 g/mol. The van der Waals surface area contributed by atoms with E-state index < -0.39 is 5.79 Å². The molecule has 3 heteroatoms. The van der Waals surface area contributed by atoms with Gasteiger partial charge < -0.3 is 9.47 Å². The number of ether oxygens (including phenoxy) is 2. The van der Waals surface area contributed by atoms with E-state index >= 15 is 0 Å². The zero-order valence-corrected chi connectivity index (χ0v) is 18.2. The van der Waals surface area contributed by atoms with Crippen molar-refractivity contribution in [3.63, 3.8) is 0 Å². The van der Waals surface area contributed by atoms with Crippen molar-refractivity contribution in [1.29, 1.82) is 0 Å². The number of Topliss-reactive ketones (excluding diaryl/α,β-unsaturated/α-hetero) is 1. The molecule has 0 atom stereocenters.